The number of fused-ring (bicyclic) bond motifs is 1. The second-order valence-corrected chi connectivity index (χ2v) is 9.85. The molecule has 1 aliphatic heterocycles. The van der Waals surface area contributed by atoms with Crippen molar-refractivity contribution in [2.45, 2.75) is 32.6 Å². The first-order valence-corrected chi connectivity index (χ1v) is 11.5. The molecule has 0 bridgehead atoms. The largest absolute Gasteiger partial charge is 0.236 e. The Bertz CT molecular complexity index is 1160. The van der Waals surface area contributed by atoms with Crippen molar-refractivity contribution in [3.05, 3.63) is 81.6 Å². The van der Waals surface area contributed by atoms with Gasteiger partial charge in [0.15, 0.2) is 5.82 Å². The zero-order valence-corrected chi connectivity index (χ0v) is 18.0. The summed E-state index contributed by atoms with van der Waals surface area (Å²) < 4.78 is 27.6. The van der Waals surface area contributed by atoms with Crippen LogP contribution in [0.15, 0.2) is 48.7 Å². The number of aryl methyl sites for hydroxylation is 2. The number of hydrogen-bond acceptors (Lipinski definition) is 4. The maximum Gasteiger partial charge on any atom is 0.218 e. The maximum atomic E-state index is 13.0. The molecule has 0 saturated carbocycles. The highest BCUT2D eigenvalue weighted by molar-refractivity contribution is 7.88. The third kappa shape index (κ3) is 4.34. The number of benzene rings is 2. The number of rotatable bonds is 4. The quantitative estimate of drug-likeness (QED) is 0.622. The van der Waals surface area contributed by atoms with Gasteiger partial charge in [-0.2, -0.15) is 4.31 Å². The fraction of sp³-hybridized carbons (Fsp3) is 0.273. The van der Waals surface area contributed by atoms with Crippen molar-refractivity contribution < 1.29 is 8.42 Å². The summed E-state index contributed by atoms with van der Waals surface area (Å²) >= 11 is 5.95. The standard InChI is InChI=1S/C22H22ClN3O2S/c1-15-3-4-16(2)18(11-15)14-29(27,28)26-10-9-21-19(13-26)12-24-22(25-21)17-5-7-20(23)8-6-17/h3-8,11-12H,9-10,13-14H2,1-2H3. The fourth-order valence-electron chi connectivity index (χ4n) is 3.51. The minimum atomic E-state index is -3.42. The average molecular weight is 428 g/mol. The fourth-order valence-corrected chi connectivity index (χ4v) is 5.23. The summed E-state index contributed by atoms with van der Waals surface area (Å²) in [4.78, 5) is 9.11. The summed E-state index contributed by atoms with van der Waals surface area (Å²) in [6.45, 7) is 4.66. The van der Waals surface area contributed by atoms with Crippen LogP contribution in [0.3, 0.4) is 0 Å². The van der Waals surface area contributed by atoms with Gasteiger partial charge in [0.25, 0.3) is 0 Å². The number of nitrogens with zero attached hydrogens (tertiary/aromatic N) is 3. The van der Waals surface area contributed by atoms with Gasteiger partial charge >= 0.3 is 0 Å². The van der Waals surface area contributed by atoms with Gasteiger partial charge in [-0.3, -0.25) is 0 Å². The molecule has 150 valence electrons. The predicted octanol–water partition coefficient (Wildman–Crippen LogP) is 4.30. The normalized spacial score (nSPS) is 14.6. The molecule has 4 rings (SSSR count). The lowest BCUT2D eigenvalue weighted by Crippen LogP contribution is -2.37. The van der Waals surface area contributed by atoms with Crippen LogP contribution in [0, 0.1) is 13.8 Å². The molecule has 0 N–H and O–H groups in total. The van der Waals surface area contributed by atoms with E-state index in [0.717, 1.165) is 33.5 Å². The highest BCUT2D eigenvalue weighted by atomic mass is 35.5. The van der Waals surface area contributed by atoms with Crippen LogP contribution in [0.1, 0.15) is 27.9 Å². The Kier molecular flexibility index (Phi) is 5.42. The number of halogens is 1. The van der Waals surface area contributed by atoms with E-state index in [4.69, 9.17) is 11.6 Å². The molecule has 0 fully saturated rings. The van der Waals surface area contributed by atoms with Crippen LogP contribution in [0.25, 0.3) is 11.4 Å². The number of sulfonamides is 1. The molecule has 0 unspecified atom stereocenters. The van der Waals surface area contributed by atoms with Crippen LogP contribution in [0.5, 0.6) is 0 Å². The molecule has 0 radical (unpaired) electrons. The summed E-state index contributed by atoms with van der Waals surface area (Å²) in [5.41, 5.74) is 5.56. The molecular weight excluding hydrogens is 406 g/mol. The van der Waals surface area contributed by atoms with Crippen LogP contribution in [-0.4, -0.2) is 29.2 Å². The molecule has 1 aromatic heterocycles. The van der Waals surface area contributed by atoms with Gasteiger partial charge in [-0.15, -0.1) is 0 Å². The molecule has 0 spiro atoms. The molecular formula is C22H22ClN3O2S. The lowest BCUT2D eigenvalue weighted by molar-refractivity contribution is 0.386. The van der Waals surface area contributed by atoms with E-state index in [9.17, 15) is 8.42 Å². The molecule has 2 heterocycles. The first-order chi connectivity index (χ1) is 13.8. The van der Waals surface area contributed by atoms with Crippen molar-refractivity contribution in [3.8, 4) is 11.4 Å². The Balaban J connectivity index is 1.55. The number of hydrogen-bond donors (Lipinski definition) is 0. The Hall–Kier alpha value is -2.28. The molecule has 29 heavy (non-hydrogen) atoms. The van der Waals surface area contributed by atoms with E-state index in [0.29, 0.717) is 30.4 Å². The third-order valence-corrected chi connectivity index (χ3v) is 7.26. The van der Waals surface area contributed by atoms with Gasteiger partial charge in [-0.25, -0.2) is 18.4 Å². The van der Waals surface area contributed by atoms with Crippen LogP contribution in [0.2, 0.25) is 5.02 Å². The molecule has 5 nitrogen and oxygen atoms in total. The van der Waals surface area contributed by atoms with E-state index in [1.54, 1.807) is 22.6 Å². The first kappa shape index (κ1) is 20.0. The molecule has 3 aromatic rings. The predicted molar refractivity (Wildman–Crippen MR) is 115 cm³/mol. The Morgan fingerprint density at radius 1 is 1.10 bits per heavy atom. The molecule has 0 amide bonds. The lowest BCUT2D eigenvalue weighted by Gasteiger charge is -2.27. The zero-order chi connectivity index (χ0) is 20.6. The van der Waals surface area contributed by atoms with Gasteiger partial charge in [0.2, 0.25) is 10.0 Å². The van der Waals surface area contributed by atoms with Gasteiger partial charge in [-0.1, -0.05) is 35.4 Å². The van der Waals surface area contributed by atoms with Crippen LogP contribution < -0.4 is 0 Å². The van der Waals surface area contributed by atoms with Crippen molar-refractivity contribution >= 4 is 21.6 Å². The van der Waals surface area contributed by atoms with E-state index < -0.39 is 10.0 Å². The summed E-state index contributed by atoms with van der Waals surface area (Å²) in [6, 6.07) is 13.3. The van der Waals surface area contributed by atoms with Crippen molar-refractivity contribution in [3.63, 3.8) is 0 Å². The van der Waals surface area contributed by atoms with Gasteiger partial charge in [0.1, 0.15) is 0 Å². The van der Waals surface area contributed by atoms with Crippen LogP contribution >= 0.6 is 11.6 Å². The van der Waals surface area contributed by atoms with Gasteiger partial charge in [0, 0.05) is 41.9 Å². The minimum Gasteiger partial charge on any atom is -0.236 e. The van der Waals surface area contributed by atoms with Crippen LogP contribution in [0.4, 0.5) is 0 Å². The minimum absolute atomic E-state index is 0.0135. The Morgan fingerprint density at radius 3 is 2.62 bits per heavy atom. The molecule has 0 aliphatic carbocycles. The number of aromatic nitrogens is 2. The highest BCUT2D eigenvalue weighted by Gasteiger charge is 2.28. The van der Waals surface area contributed by atoms with E-state index in [1.165, 1.54) is 0 Å². The van der Waals surface area contributed by atoms with E-state index >= 15 is 0 Å². The highest BCUT2D eigenvalue weighted by Crippen LogP contribution is 2.25. The summed E-state index contributed by atoms with van der Waals surface area (Å²) in [7, 11) is -3.42. The van der Waals surface area contributed by atoms with E-state index in [2.05, 4.69) is 9.97 Å². The monoisotopic (exact) mass is 427 g/mol. The maximum absolute atomic E-state index is 13.0. The van der Waals surface area contributed by atoms with Crippen molar-refractivity contribution in [1.29, 1.82) is 0 Å². The van der Waals surface area contributed by atoms with Gasteiger partial charge < -0.3 is 0 Å². The van der Waals surface area contributed by atoms with Gasteiger partial charge in [-0.05, 0) is 49.2 Å². The average Bonchev–Trinajstić information content (AvgIpc) is 2.70. The molecule has 0 atom stereocenters. The Morgan fingerprint density at radius 2 is 1.86 bits per heavy atom. The van der Waals surface area contributed by atoms with Gasteiger partial charge in [0.05, 0.1) is 11.4 Å². The van der Waals surface area contributed by atoms with Crippen molar-refractivity contribution in [2.75, 3.05) is 6.54 Å². The SMILES string of the molecule is Cc1ccc(C)c(CS(=O)(=O)N2CCc3nc(-c4ccc(Cl)cc4)ncc3C2)c1. The smallest absolute Gasteiger partial charge is 0.218 e. The Labute approximate surface area is 176 Å². The van der Waals surface area contributed by atoms with Crippen molar-refractivity contribution in [2.24, 2.45) is 0 Å². The van der Waals surface area contributed by atoms with Crippen LogP contribution in [-0.2, 0) is 28.7 Å². The molecule has 1 aliphatic rings. The second kappa shape index (κ2) is 7.86. The first-order valence-electron chi connectivity index (χ1n) is 9.46. The lowest BCUT2D eigenvalue weighted by atomic mass is 10.1. The molecule has 2 aromatic carbocycles. The summed E-state index contributed by atoms with van der Waals surface area (Å²) in [5, 5.41) is 0.663. The summed E-state index contributed by atoms with van der Waals surface area (Å²) in [6.07, 6.45) is 2.32. The topological polar surface area (TPSA) is 63.2 Å². The van der Waals surface area contributed by atoms with Crippen molar-refractivity contribution in [1.82, 2.24) is 14.3 Å². The van der Waals surface area contributed by atoms with E-state index in [1.807, 2.05) is 44.2 Å². The zero-order valence-electron chi connectivity index (χ0n) is 16.4. The third-order valence-electron chi connectivity index (χ3n) is 5.24. The second-order valence-electron chi connectivity index (χ2n) is 7.44. The molecule has 0 saturated heterocycles. The summed E-state index contributed by atoms with van der Waals surface area (Å²) in [5.74, 6) is 0.645. The molecule has 7 heteroatoms. The van der Waals surface area contributed by atoms with E-state index in [-0.39, 0.29) is 5.75 Å².